The molecule has 144 valence electrons. The number of aromatic nitrogens is 2. The Morgan fingerprint density at radius 1 is 1.04 bits per heavy atom. The minimum absolute atomic E-state index is 0.357. The van der Waals surface area contributed by atoms with Crippen LogP contribution in [-0.4, -0.2) is 28.3 Å². The van der Waals surface area contributed by atoms with Crippen LogP contribution in [0.2, 0.25) is 0 Å². The number of nitrogens with zero attached hydrogens (tertiary/aromatic N) is 2. The molecule has 1 heterocycles. The molecule has 2 aromatic carbocycles. The SMILES string of the molecule is CCc1ccc(NC(=O)COC(=O)c2c(C)nn(-c3ccccc3)c2C)cc1. The number of carbonyl (C=O) groups is 2. The average molecular weight is 377 g/mol. The average Bonchev–Trinajstić information content (AvgIpc) is 3.01. The van der Waals surface area contributed by atoms with E-state index in [1.54, 1.807) is 18.5 Å². The summed E-state index contributed by atoms with van der Waals surface area (Å²) in [4.78, 5) is 24.6. The highest BCUT2D eigenvalue weighted by molar-refractivity contribution is 5.96. The van der Waals surface area contributed by atoms with E-state index < -0.39 is 5.97 Å². The molecular weight excluding hydrogens is 354 g/mol. The summed E-state index contributed by atoms with van der Waals surface area (Å²) in [7, 11) is 0. The zero-order valence-corrected chi connectivity index (χ0v) is 16.2. The molecule has 1 amide bonds. The summed E-state index contributed by atoms with van der Waals surface area (Å²) in [5.41, 5.74) is 4.32. The topological polar surface area (TPSA) is 73.2 Å². The van der Waals surface area contributed by atoms with Gasteiger partial charge in [-0.3, -0.25) is 4.79 Å². The van der Waals surface area contributed by atoms with Crippen molar-refractivity contribution < 1.29 is 14.3 Å². The van der Waals surface area contributed by atoms with Gasteiger partial charge in [0.1, 0.15) is 5.56 Å². The van der Waals surface area contributed by atoms with Crippen molar-refractivity contribution in [1.82, 2.24) is 9.78 Å². The third-order valence-electron chi connectivity index (χ3n) is 4.48. The molecule has 0 radical (unpaired) electrons. The van der Waals surface area contributed by atoms with Gasteiger partial charge in [0.25, 0.3) is 5.91 Å². The van der Waals surface area contributed by atoms with E-state index >= 15 is 0 Å². The summed E-state index contributed by atoms with van der Waals surface area (Å²) in [5.74, 6) is -0.947. The van der Waals surface area contributed by atoms with Gasteiger partial charge in [-0.15, -0.1) is 0 Å². The van der Waals surface area contributed by atoms with Crippen molar-refractivity contribution in [2.75, 3.05) is 11.9 Å². The summed E-state index contributed by atoms with van der Waals surface area (Å²) >= 11 is 0. The highest BCUT2D eigenvalue weighted by atomic mass is 16.5. The third kappa shape index (κ3) is 4.28. The van der Waals surface area contributed by atoms with E-state index in [1.165, 1.54) is 5.56 Å². The molecular formula is C22H23N3O3. The fraction of sp³-hybridized carbons (Fsp3) is 0.227. The van der Waals surface area contributed by atoms with E-state index in [1.807, 2.05) is 54.6 Å². The molecule has 3 aromatic rings. The number of anilines is 1. The fourth-order valence-corrected chi connectivity index (χ4v) is 2.98. The summed E-state index contributed by atoms with van der Waals surface area (Å²) in [6, 6.07) is 17.1. The highest BCUT2D eigenvalue weighted by Crippen LogP contribution is 2.19. The van der Waals surface area contributed by atoms with Gasteiger partial charge in [-0.2, -0.15) is 5.10 Å². The number of rotatable bonds is 6. The molecule has 0 aliphatic carbocycles. The number of hydrogen-bond acceptors (Lipinski definition) is 4. The van der Waals surface area contributed by atoms with Crippen LogP contribution in [0.4, 0.5) is 5.69 Å². The van der Waals surface area contributed by atoms with Crippen molar-refractivity contribution >= 4 is 17.6 Å². The normalized spacial score (nSPS) is 10.5. The zero-order chi connectivity index (χ0) is 20.1. The van der Waals surface area contributed by atoms with Crippen LogP contribution in [0.5, 0.6) is 0 Å². The predicted octanol–water partition coefficient (Wildman–Crippen LogP) is 3.85. The van der Waals surface area contributed by atoms with Crippen LogP contribution >= 0.6 is 0 Å². The molecule has 0 fully saturated rings. The van der Waals surface area contributed by atoms with Gasteiger partial charge < -0.3 is 10.1 Å². The van der Waals surface area contributed by atoms with Crippen LogP contribution in [-0.2, 0) is 16.0 Å². The van der Waals surface area contributed by atoms with Crippen molar-refractivity contribution in [2.45, 2.75) is 27.2 Å². The number of para-hydroxylation sites is 1. The van der Waals surface area contributed by atoms with Crippen molar-refractivity contribution in [3.05, 3.63) is 77.1 Å². The number of nitrogens with one attached hydrogen (secondary N) is 1. The third-order valence-corrected chi connectivity index (χ3v) is 4.48. The second-order valence-corrected chi connectivity index (χ2v) is 6.47. The minimum atomic E-state index is -0.561. The highest BCUT2D eigenvalue weighted by Gasteiger charge is 2.21. The monoisotopic (exact) mass is 377 g/mol. The molecule has 0 aliphatic heterocycles. The second-order valence-electron chi connectivity index (χ2n) is 6.47. The van der Waals surface area contributed by atoms with Gasteiger partial charge in [-0.1, -0.05) is 37.3 Å². The molecule has 3 rings (SSSR count). The van der Waals surface area contributed by atoms with Gasteiger partial charge >= 0.3 is 5.97 Å². The number of benzene rings is 2. The van der Waals surface area contributed by atoms with Gasteiger partial charge in [0, 0.05) is 5.69 Å². The van der Waals surface area contributed by atoms with Gasteiger partial charge in [-0.05, 0) is 50.1 Å². The molecule has 0 spiro atoms. The molecule has 0 unspecified atom stereocenters. The maximum absolute atomic E-state index is 12.5. The van der Waals surface area contributed by atoms with Crippen molar-refractivity contribution in [3.8, 4) is 5.69 Å². The smallest absolute Gasteiger partial charge is 0.342 e. The van der Waals surface area contributed by atoms with Crippen molar-refractivity contribution in [3.63, 3.8) is 0 Å². The lowest BCUT2D eigenvalue weighted by molar-refractivity contribution is -0.119. The van der Waals surface area contributed by atoms with Crippen LogP contribution in [0.1, 0.15) is 34.2 Å². The van der Waals surface area contributed by atoms with E-state index in [0.717, 1.165) is 12.1 Å². The van der Waals surface area contributed by atoms with Gasteiger partial charge in [0.2, 0.25) is 0 Å². The number of esters is 1. The number of carbonyl (C=O) groups excluding carboxylic acids is 2. The molecule has 0 bridgehead atoms. The second kappa shape index (κ2) is 8.52. The molecule has 0 saturated carbocycles. The largest absolute Gasteiger partial charge is 0.452 e. The van der Waals surface area contributed by atoms with Crippen LogP contribution in [0, 0.1) is 13.8 Å². The number of ether oxygens (including phenoxy) is 1. The van der Waals surface area contributed by atoms with E-state index in [9.17, 15) is 9.59 Å². The Labute approximate surface area is 164 Å². The van der Waals surface area contributed by atoms with Gasteiger partial charge in [-0.25, -0.2) is 9.48 Å². The van der Waals surface area contributed by atoms with Crippen LogP contribution < -0.4 is 5.32 Å². The lowest BCUT2D eigenvalue weighted by Crippen LogP contribution is -2.21. The van der Waals surface area contributed by atoms with E-state index in [-0.39, 0.29) is 12.5 Å². The van der Waals surface area contributed by atoms with E-state index in [2.05, 4.69) is 17.3 Å². The fourth-order valence-electron chi connectivity index (χ4n) is 2.98. The van der Waals surface area contributed by atoms with Crippen LogP contribution in [0.15, 0.2) is 54.6 Å². The Kier molecular flexibility index (Phi) is 5.89. The number of aryl methyl sites for hydroxylation is 2. The van der Waals surface area contributed by atoms with E-state index in [4.69, 9.17) is 4.74 Å². The molecule has 6 heteroatoms. The lowest BCUT2D eigenvalue weighted by Gasteiger charge is -2.08. The number of amides is 1. The Morgan fingerprint density at radius 3 is 2.36 bits per heavy atom. The Morgan fingerprint density at radius 2 is 1.71 bits per heavy atom. The molecule has 28 heavy (non-hydrogen) atoms. The summed E-state index contributed by atoms with van der Waals surface area (Å²) < 4.78 is 6.91. The first-order valence-corrected chi connectivity index (χ1v) is 9.17. The summed E-state index contributed by atoms with van der Waals surface area (Å²) in [6.45, 7) is 5.26. The molecule has 0 atom stereocenters. The maximum atomic E-state index is 12.5. The Balaban J connectivity index is 1.64. The molecule has 1 aromatic heterocycles. The van der Waals surface area contributed by atoms with E-state index in [0.29, 0.717) is 22.6 Å². The molecule has 0 aliphatic rings. The minimum Gasteiger partial charge on any atom is -0.452 e. The van der Waals surface area contributed by atoms with Gasteiger partial charge in [0.05, 0.1) is 17.1 Å². The maximum Gasteiger partial charge on any atom is 0.342 e. The first-order chi connectivity index (χ1) is 13.5. The number of hydrogen-bond donors (Lipinski definition) is 1. The lowest BCUT2D eigenvalue weighted by atomic mass is 10.1. The summed E-state index contributed by atoms with van der Waals surface area (Å²) in [5, 5.41) is 7.15. The van der Waals surface area contributed by atoms with Crippen molar-refractivity contribution in [2.24, 2.45) is 0 Å². The predicted molar refractivity (Wildman–Crippen MR) is 108 cm³/mol. The molecule has 1 N–H and O–H groups in total. The van der Waals surface area contributed by atoms with Gasteiger partial charge in [0.15, 0.2) is 6.61 Å². The van der Waals surface area contributed by atoms with Crippen molar-refractivity contribution in [1.29, 1.82) is 0 Å². The van der Waals surface area contributed by atoms with Crippen LogP contribution in [0.25, 0.3) is 5.69 Å². The first kappa shape index (κ1) is 19.4. The standard InChI is InChI=1S/C22H23N3O3/c1-4-17-10-12-18(13-11-17)23-20(26)14-28-22(27)21-15(2)24-25(16(21)3)19-8-6-5-7-9-19/h5-13H,4,14H2,1-3H3,(H,23,26). The quantitative estimate of drug-likeness (QED) is 0.662. The Hall–Kier alpha value is -3.41. The Bertz CT molecular complexity index is 976. The molecule has 6 nitrogen and oxygen atoms in total. The first-order valence-electron chi connectivity index (χ1n) is 9.17. The van der Waals surface area contributed by atoms with Crippen LogP contribution in [0.3, 0.4) is 0 Å². The summed E-state index contributed by atoms with van der Waals surface area (Å²) in [6.07, 6.45) is 0.932. The molecule has 0 saturated heterocycles. The zero-order valence-electron chi connectivity index (χ0n) is 16.2.